The van der Waals surface area contributed by atoms with Crippen molar-refractivity contribution in [3.63, 3.8) is 0 Å². The van der Waals surface area contributed by atoms with Crippen LogP contribution in [0.1, 0.15) is 12.0 Å². The molecule has 1 aliphatic heterocycles. The maximum Gasteiger partial charge on any atom is 0.0508 e. The van der Waals surface area contributed by atoms with E-state index in [4.69, 9.17) is 22.1 Å². The third kappa shape index (κ3) is 3.16. The lowest BCUT2D eigenvalue weighted by Gasteiger charge is -2.22. The zero-order chi connectivity index (χ0) is 13.0. The number of hydrogen-bond donors (Lipinski definition) is 1. The number of rotatable bonds is 5. The first-order valence-electron chi connectivity index (χ1n) is 6.47. The van der Waals surface area contributed by atoms with Crippen LogP contribution in [0.3, 0.4) is 0 Å². The Morgan fingerprint density at radius 3 is 3.06 bits per heavy atom. The van der Waals surface area contributed by atoms with Gasteiger partial charge in [0.05, 0.1) is 6.61 Å². The van der Waals surface area contributed by atoms with E-state index in [0.717, 1.165) is 31.1 Å². The van der Waals surface area contributed by atoms with Crippen LogP contribution in [-0.4, -0.2) is 33.4 Å². The molecule has 18 heavy (non-hydrogen) atoms. The highest BCUT2D eigenvalue weighted by Crippen LogP contribution is 2.30. The summed E-state index contributed by atoms with van der Waals surface area (Å²) in [6.45, 7) is 3.63. The van der Waals surface area contributed by atoms with E-state index in [-0.39, 0.29) is 0 Å². The van der Waals surface area contributed by atoms with Crippen LogP contribution in [0.25, 0.3) is 0 Å². The van der Waals surface area contributed by atoms with E-state index < -0.39 is 0 Å². The molecule has 2 N–H and O–H groups in total. The van der Waals surface area contributed by atoms with Gasteiger partial charge in [-0.3, -0.25) is 0 Å². The number of hydrogen-bond acceptors (Lipinski definition) is 3. The van der Waals surface area contributed by atoms with E-state index in [1.54, 1.807) is 7.11 Å². The van der Waals surface area contributed by atoms with Crippen molar-refractivity contribution >= 4 is 17.3 Å². The van der Waals surface area contributed by atoms with E-state index in [1.165, 1.54) is 17.7 Å². The average molecular weight is 269 g/mol. The predicted octanol–water partition coefficient (Wildman–Crippen LogP) is 2.31. The fourth-order valence-corrected chi connectivity index (χ4v) is 2.79. The Hall–Kier alpha value is -0.770. The standard InChI is InChI=1S/C14H21ClN2O/c1-18-10-11-5-7-17(9-11)14-8-13(15)3-2-12(14)4-6-16/h2-3,8,11H,4-7,9-10,16H2,1H3. The van der Waals surface area contributed by atoms with E-state index >= 15 is 0 Å². The molecule has 1 heterocycles. The van der Waals surface area contributed by atoms with Crippen LogP contribution in [0.2, 0.25) is 5.02 Å². The van der Waals surface area contributed by atoms with Gasteiger partial charge in [0.1, 0.15) is 0 Å². The molecule has 3 nitrogen and oxygen atoms in total. The first-order valence-corrected chi connectivity index (χ1v) is 6.84. The average Bonchev–Trinajstić information content (AvgIpc) is 2.81. The summed E-state index contributed by atoms with van der Waals surface area (Å²) in [7, 11) is 1.77. The van der Waals surface area contributed by atoms with Gasteiger partial charge in [-0.25, -0.2) is 0 Å². The van der Waals surface area contributed by atoms with Crippen molar-refractivity contribution in [3.8, 4) is 0 Å². The normalized spacial score (nSPS) is 19.5. The molecule has 0 amide bonds. The van der Waals surface area contributed by atoms with E-state index in [9.17, 15) is 0 Å². The highest BCUT2D eigenvalue weighted by molar-refractivity contribution is 6.30. The number of halogens is 1. The maximum atomic E-state index is 6.11. The van der Waals surface area contributed by atoms with Crippen molar-refractivity contribution in [2.75, 3.05) is 38.3 Å². The smallest absolute Gasteiger partial charge is 0.0508 e. The molecule has 1 unspecified atom stereocenters. The summed E-state index contributed by atoms with van der Waals surface area (Å²) in [5.74, 6) is 0.625. The van der Waals surface area contributed by atoms with E-state index in [2.05, 4.69) is 17.0 Å². The van der Waals surface area contributed by atoms with Crippen LogP contribution in [0.15, 0.2) is 18.2 Å². The van der Waals surface area contributed by atoms with Gasteiger partial charge in [0.15, 0.2) is 0 Å². The van der Waals surface area contributed by atoms with Gasteiger partial charge in [-0.1, -0.05) is 17.7 Å². The molecule has 1 saturated heterocycles. The van der Waals surface area contributed by atoms with Crippen LogP contribution in [-0.2, 0) is 11.2 Å². The Balaban J connectivity index is 2.14. The largest absolute Gasteiger partial charge is 0.384 e. The van der Waals surface area contributed by atoms with Crippen molar-refractivity contribution in [2.24, 2.45) is 11.7 Å². The highest BCUT2D eigenvalue weighted by Gasteiger charge is 2.24. The number of nitrogens with zero attached hydrogens (tertiary/aromatic N) is 1. The molecular formula is C14H21ClN2O. The van der Waals surface area contributed by atoms with Gasteiger partial charge in [-0.15, -0.1) is 0 Å². The molecule has 0 radical (unpaired) electrons. The molecule has 1 aromatic rings. The molecule has 0 spiro atoms. The van der Waals surface area contributed by atoms with Gasteiger partial charge >= 0.3 is 0 Å². The second-order valence-corrected chi connectivity index (χ2v) is 5.30. The molecule has 1 atom stereocenters. The van der Waals surface area contributed by atoms with Crippen LogP contribution < -0.4 is 10.6 Å². The molecule has 1 aliphatic rings. The van der Waals surface area contributed by atoms with Crippen LogP contribution in [0, 0.1) is 5.92 Å². The summed E-state index contributed by atoms with van der Waals surface area (Å²) in [6, 6.07) is 6.09. The van der Waals surface area contributed by atoms with Crippen molar-refractivity contribution in [2.45, 2.75) is 12.8 Å². The lowest BCUT2D eigenvalue weighted by molar-refractivity contribution is 0.161. The third-order valence-electron chi connectivity index (χ3n) is 3.49. The van der Waals surface area contributed by atoms with E-state index in [1.807, 2.05) is 6.07 Å². The first-order chi connectivity index (χ1) is 8.74. The van der Waals surface area contributed by atoms with Gasteiger partial charge in [0, 0.05) is 36.8 Å². The lowest BCUT2D eigenvalue weighted by Crippen LogP contribution is -2.22. The number of methoxy groups -OCH3 is 1. The van der Waals surface area contributed by atoms with Crippen LogP contribution >= 0.6 is 11.6 Å². The van der Waals surface area contributed by atoms with Crippen molar-refractivity contribution in [3.05, 3.63) is 28.8 Å². The minimum absolute atomic E-state index is 0.625. The minimum Gasteiger partial charge on any atom is -0.384 e. The summed E-state index contributed by atoms with van der Waals surface area (Å²) < 4.78 is 5.24. The molecule has 0 aromatic heterocycles. The SMILES string of the molecule is COCC1CCN(c2cc(Cl)ccc2CCN)C1. The summed E-state index contributed by atoms with van der Waals surface area (Å²) in [6.07, 6.45) is 2.08. The van der Waals surface area contributed by atoms with Gasteiger partial charge in [-0.05, 0) is 37.1 Å². The Morgan fingerprint density at radius 2 is 2.33 bits per heavy atom. The summed E-state index contributed by atoms with van der Waals surface area (Å²) in [5, 5.41) is 0.793. The van der Waals surface area contributed by atoms with Gasteiger partial charge in [-0.2, -0.15) is 0 Å². The number of nitrogens with two attached hydrogens (primary N) is 1. The van der Waals surface area contributed by atoms with Gasteiger partial charge < -0.3 is 15.4 Å². The molecule has 1 fully saturated rings. The fraction of sp³-hybridized carbons (Fsp3) is 0.571. The number of ether oxygens (including phenoxy) is 1. The lowest BCUT2D eigenvalue weighted by atomic mass is 10.1. The maximum absolute atomic E-state index is 6.11. The minimum atomic E-state index is 0.625. The molecule has 0 bridgehead atoms. The van der Waals surface area contributed by atoms with E-state index in [0.29, 0.717) is 12.5 Å². The topological polar surface area (TPSA) is 38.5 Å². The van der Waals surface area contributed by atoms with Crippen LogP contribution in [0.5, 0.6) is 0 Å². The van der Waals surface area contributed by atoms with Crippen molar-refractivity contribution < 1.29 is 4.74 Å². The molecular weight excluding hydrogens is 248 g/mol. The summed E-state index contributed by atoms with van der Waals surface area (Å²) in [4.78, 5) is 2.40. The Kier molecular flexibility index (Phi) is 4.87. The Bertz CT molecular complexity index is 397. The zero-order valence-corrected chi connectivity index (χ0v) is 11.6. The highest BCUT2D eigenvalue weighted by atomic mass is 35.5. The first kappa shape index (κ1) is 13.7. The monoisotopic (exact) mass is 268 g/mol. The zero-order valence-electron chi connectivity index (χ0n) is 10.9. The van der Waals surface area contributed by atoms with Gasteiger partial charge in [0.25, 0.3) is 0 Å². The second kappa shape index (κ2) is 6.41. The van der Waals surface area contributed by atoms with Crippen molar-refractivity contribution in [1.29, 1.82) is 0 Å². The Morgan fingerprint density at radius 1 is 1.50 bits per heavy atom. The third-order valence-corrected chi connectivity index (χ3v) is 3.73. The molecule has 2 rings (SSSR count). The van der Waals surface area contributed by atoms with Crippen LogP contribution in [0.4, 0.5) is 5.69 Å². The molecule has 4 heteroatoms. The quantitative estimate of drug-likeness (QED) is 0.891. The van der Waals surface area contributed by atoms with Crippen molar-refractivity contribution in [1.82, 2.24) is 0 Å². The Labute approximate surface area is 114 Å². The fourth-order valence-electron chi connectivity index (χ4n) is 2.62. The summed E-state index contributed by atoms with van der Waals surface area (Å²) in [5.41, 5.74) is 8.20. The molecule has 0 aliphatic carbocycles. The molecule has 100 valence electrons. The number of anilines is 1. The molecule has 0 saturated carbocycles. The second-order valence-electron chi connectivity index (χ2n) is 4.87. The van der Waals surface area contributed by atoms with Gasteiger partial charge in [0.2, 0.25) is 0 Å². The predicted molar refractivity (Wildman–Crippen MR) is 76.4 cm³/mol. The summed E-state index contributed by atoms with van der Waals surface area (Å²) >= 11 is 6.11. The number of benzene rings is 1. The molecule has 1 aromatic carbocycles.